The van der Waals surface area contributed by atoms with Crippen molar-refractivity contribution in [3.63, 3.8) is 0 Å². The first-order valence-electron chi connectivity index (χ1n) is 3.77. The largest absolute Gasteiger partial charge is 0.466 e. The van der Waals surface area contributed by atoms with Crippen LogP contribution in [0.3, 0.4) is 0 Å². The Morgan fingerprint density at radius 2 is 2.08 bits per heavy atom. The summed E-state index contributed by atoms with van der Waals surface area (Å²) in [6.45, 7) is 1.80. The van der Waals surface area contributed by atoms with Crippen molar-refractivity contribution in [1.82, 2.24) is 9.97 Å². The van der Waals surface area contributed by atoms with Gasteiger partial charge in [0.15, 0.2) is 0 Å². The molecule has 0 unspecified atom stereocenters. The third kappa shape index (κ3) is 3.02. The van der Waals surface area contributed by atoms with Gasteiger partial charge in [-0.1, -0.05) is 0 Å². The van der Waals surface area contributed by atoms with E-state index in [1.807, 2.05) is 0 Å². The summed E-state index contributed by atoms with van der Waals surface area (Å²) in [6, 6.07) is 0. The molecule has 0 spiro atoms. The zero-order valence-electron chi connectivity index (χ0n) is 7.52. The van der Waals surface area contributed by atoms with E-state index in [4.69, 9.17) is 0 Å². The van der Waals surface area contributed by atoms with Crippen molar-refractivity contribution in [3.8, 4) is 0 Å². The Labute approximate surface area is 76.3 Å². The Morgan fingerprint density at radius 3 is 2.62 bits per heavy atom. The molecule has 0 aromatic carbocycles. The van der Waals surface area contributed by atoms with E-state index >= 15 is 0 Å². The Kier molecular flexibility index (Phi) is 3.14. The fourth-order valence-electron chi connectivity index (χ4n) is 0.721. The summed E-state index contributed by atoms with van der Waals surface area (Å²) < 4.78 is 4.43. The lowest BCUT2D eigenvalue weighted by molar-refractivity contribution is -0.134. The zero-order valence-corrected chi connectivity index (χ0v) is 7.52. The van der Waals surface area contributed by atoms with E-state index < -0.39 is 0 Å². The van der Waals surface area contributed by atoms with Gasteiger partial charge in [0.05, 0.1) is 7.11 Å². The van der Waals surface area contributed by atoms with Gasteiger partial charge in [-0.2, -0.15) is 0 Å². The van der Waals surface area contributed by atoms with E-state index in [1.165, 1.54) is 13.2 Å². The van der Waals surface area contributed by atoms with Crippen molar-refractivity contribution in [2.75, 3.05) is 7.11 Å². The van der Waals surface area contributed by atoms with Crippen LogP contribution < -0.4 is 0 Å². The molecule has 1 heterocycles. The van der Waals surface area contributed by atoms with Crippen molar-refractivity contribution in [1.29, 1.82) is 0 Å². The predicted molar refractivity (Wildman–Crippen MR) is 47.8 cm³/mol. The van der Waals surface area contributed by atoms with Crippen molar-refractivity contribution in [2.45, 2.75) is 6.92 Å². The van der Waals surface area contributed by atoms with Gasteiger partial charge in [-0.05, 0) is 13.0 Å². The Balaban J connectivity index is 2.69. The van der Waals surface area contributed by atoms with Gasteiger partial charge in [0.1, 0.15) is 5.82 Å². The molecular weight excluding hydrogens is 168 g/mol. The van der Waals surface area contributed by atoms with E-state index in [2.05, 4.69) is 14.7 Å². The minimum absolute atomic E-state index is 0.388. The molecule has 0 aliphatic rings. The third-order valence-electron chi connectivity index (χ3n) is 1.41. The number of carbonyl (C=O) groups excluding carboxylic acids is 1. The second-order valence-electron chi connectivity index (χ2n) is 2.42. The van der Waals surface area contributed by atoms with Crippen LogP contribution in [0.1, 0.15) is 11.4 Å². The first-order valence-corrected chi connectivity index (χ1v) is 3.77. The number of aromatic nitrogens is 2. The molecule has 4 heteroatoms. The van der Waals surface area contributed by atoms with Crippen LogP contribution in [0.25, 0.3) is 6.08 Å². The number of hydrogen-bond donors (Lipinski definition) is 0. The van der Waals surface area contributed by atoms with Crippen LogP contribution in [0, 0.1) is 6.92 Å². The summed E-state index contributed by atoms with van der Waals surface area (Å²) in [5.41, 5.74) is 0.774. The molecule has 0 aliphatic carbocycles. The molecule has 4 nitrogen and oxygen atoms in total. The average Bonchev–Trinajstić information content (AvgIpc) is 2.16. The van der Waals surface area contributed by atoms with Gasteiger partial charge in [0.2, 0.25) is 0 Å². The number of rotatable bonds is 2. The lowest BCUT2D eigenvalue weighted by Gasteiger charge is -1.92. The fourth-order valence-corrected chi connectivity index (χ4v) is 0.721. The highest BCUT2D eigenvalue weighted by molar-refractivity contribution is 5.86. The number of methoxy groups -OCH3 is 1. The van der Waals surface area contributed by atoms with E-state index in [0.717, 1.165) is 5.56 Å². The summed E-state index contributed by atoms with van der Waals surface area (Å²) in [7, 11) is 1.33. The van der Waals surface area contributed by atoms with Crippen LogP contribution in [0.4, 0.5) is 0 Å². The highest BCUT2D eigenvalue weighted by Gasteiger charge is 1.92. The molecule has 1 aromatic rings. The lowest BCUT2D eigenvalue weighted by Crippen LogP contribution is -1.93. The molecule has 0 bridgehead atoms. The molecule has 68 valence electrons. The summed E-state index contributed by atoms with van der Waals surface area (Å²) in [5, 5.41) is 0. The molecule has 0 aliphatic heterocycles. The maximum absolute atomic E-state index is 10.7. The second-order valence-corrected chi connectivity index (χ2v) is 2.42. The van der Waals surface area contributed by atoms with Gasteiger partial charge in [-0.15, -0.1) is 0 Å². The third-order valence-corrected chi connectivity index (χ3v) is 1.41. The quantitative estimate of drug-likeness (QED) is 0.500. The molecule has 0 amide bonds. The summed E-state index contributed by atoms with van der Waals surface area (Å²) in [5.74, 6) is 0.316. The van der Waals surface area contributed by atoms with E-state index in [0.29, 0.717) is 5.82 Å². The fraction of sp³-hybridized carbons (Fsp3) is 0.222. The van der Waals surface area contributed by atoms with Crippen LogP contribution in [0.2, 0.25) is 0 Å². The molecule has 13 heavy (non-hydrogen) atoms. The van der Waals surface area contributed by atoms with E-state index in [1.54, 1.807) is 25.4 Å². The molecule has 0 atom stereocenters. The van der Waals surface area contributed by atoms with E-state index in [9.17, 15) is 4.79 Å². The van der Waals surface area contributed by atoms with Crippen LogP contribution in [0.15, 0.2) is 18.5 Å². The standard InChI is InChI=1S/C9H10N2O2/c1-7-10-5-8(6-11-7)3-4-9(12)13-2/h3-6H,1-2H3/b4-3+. The van der Waals surface area contributed by atoms with Gasteiger partial charge in [-0.25, -0.2) is 14.8 Å². The molecule has 0 saturated heterocycles. The monoisotopic (exact) mass is 178 g/mol. The number of nitrogens with zero attached hydrogens (tertiary/aromatic N) is 2. The zero-order chi connectivity index (χ0) is 9.68. The molecule has 0 radical (unpaired) electrons. The first-order chi connectivity index (χ1) is 6.22. The van der Waals surface area contributed by atoms with Gasteiger partial charge < -0.3 is 4.74 Å². The summed E-state index contributed by atoms with van der Waals surface area (Å²) in [4.78, 5) is 18.6. The van der Waals surface area contributed by atoms with E-state index in [-0.39, 0.29) is 5.97 Å². The Hall–Kier alpha value is -1.71. The summed E-state index contributed by atoms with van der Waals surface area (Å²) in [6.07, 6.45) is 6.21. The van der Waals surface area contributed by atoms with Crippen LogP contribution in [-0.2, 0) is 9.53 Å². The predicted octanol–water partition coefficient (Wildman–Crippen LogP) is 0.971. The van der Waals surface area contributed by atoms with Crippen molar-refractivity contribution in [2.24, 2.45) is 0 Å². The van der Waals surface area contributed by atoms with Gasteiger partial charge in [-0.3, -0.25) is 0 Å². The molecule has 0 fully saturated rings. The maximum atomic E-state index is 10.7. The number of esters is 1. The minimum Gasteiger partial charge on any atom is -0.466 e. The van der Waals surface area contributed by atoms with Gasteiger partial charge in [0, 0.05) is 24.0 Å². The van der Waals surface area contributed by atoms with Crippen LogP contribution >= 0.6 is 0 Å². The first kappa shape index (κ1) is 9.38. The lowest BCUT2D eigenvalue weighted by atomic mass is 10.3. The average molecular weight is 178 g/mol. The Morgan fingerprint density at radius 1 is 1.46 bits per heavy atom. The van der Waals surface area contributed by atoms with Gasteiger partial charge >= 0.3 is 5.97 Å². The highest BCUT2D eigenvalue weighted by atomic mass is 16.5. The van der Waals surface area contributed by atoms with Crippen molar-refractivity contribution < 1.29 is 9.53 Å². The van der Waals surface area contributed by atoms with Crippen LogP contribution in [-0.4, -0.2) is 23.0 Å². The van der Waals surface area contributed by atoms with Gasteiger partial charge in [0.25, 0.3) is 0 Å². The number of hydrogen-bond acceptors (Lipinski definition) is 4. The topological polar surface area (TPSA) is 52.1 Å². The van der Waals surface area contributed by atoms with Crippen LogP contribution in [0.5, 0.6) is 0 Å². The van der Waals surface area contributed by atoms with Crippen molar-refractivity contribution in [3.05, 3.63) is 29.9 Å². The molecule has 0 saturated carbocycles. The minimum atomic E-state index is -0.388. The number of aryl methyl sites for hydroxylation is 1. The summed E-state index contributed by atoms with van der Waals surface area (Å²) >= 11 is 0. The van der Waals surface area contributed by atoms with Crippen molar-refractivity contribution >= 4 is 12.0 Å². The molecule has 0 N–H and O–H groups in total. The smallest absolute Gasteiger partial charge is 0.330 e. The number of carbonyl (C=O) groups is 1. The molecule has 1 aromatic heterocycles. The maximum Gasteiger partial charge on any atom is 0.330 e. The normalized spacial score (nSPS) is 10.3. The SMILES string of the molecule is COC(=O)/C=C/c1cnc(C)nc1. The number of ether oxygens (including phenoxy) is 1. The Bertz CT molecular complexity index is 317. The molecule has 1 rings (SSSR count). The highest BCUT2D eigenvalue weighted by Crippen LogP contribution is 1.98. The molecular formula is C9H10N2O2. The second kappa shape index (κ2) is 4.35.